The smallest absolute Gasteiger partial charge is 0.264 e. The van der Waals surface area contributed by atoms with Crippen molar-refractivity contribution in [1.29, 1.82) is 0 Å². The molecule has 0 spiro atoms. The van der Waals surface area contributed by atoms with Crippen molar-refractivity contribution < 1.29 is 38.2 Å². The van der Waals surface area contributed by atoms with E-state index in [0.29, 0.717) is 50.8 Å². The number of benzene rings is 4. The molecule has 3 atom stereocenters. The molecule has 336 valence electrons. The molecule has 4 N–H and O–H groups in total. The average molecular weight is 899 g/mol. The van der Waals surface area contributed by atoms with Gasteiger partial charge in [-0.2, -0.15) is 0 Å². The summed E-state index contributed by atoms with van der Waals surface area (Å²) in [5, 5.41) is 13.4. The number of amides is 6. The number of nitrogens with one attached hydrogen (secondary N) is 4. The zero-order valence-electron chi connectivity index (χ0n) is 35.7. The highest BCUT2D eigenvalue weighted by atomic mass is 32.2. The van der Waals surface area contributed by atoms with Crippen LogP contribution in [-0.2, 0) is 30.4 Å². The Morgan fingerprint density at radius 1 is 0.785 bits per heavy atom. The van der Waals surface area contributed by atoms with Gasteiger partial charge in [-0.3, -0.25) is 43.9 Å². The number of ether oxygens (including phenoxy) is 2. The molecule has 0 aromatic heterocycles. The van der Waals surface area contributed by atoms with Gasteiger partial charge in [0.1, 0.15) is 12.1 Å². The second kappa shape index (κ2) is 19.7. The molecule has 17 heteroatoms. The van der Waals surface area contributed by atoms with Gasteiger partial charge in [0.25, 0.3) is 17.7 Å². The zero-order valence-corrected chi connectivity index (χ0v) is 36.5. The Labute approximate surface area is 380 Å². The van der Waals surface area contributed by atoms with Crippen molar-refractivity contribution in [2.24, 2.45) is 0 Å². The van der Waals surface area contributed by atoms with Crippen molar-refractivity contribution in [1.82, 2.24) is 30.7 Å². The molecule has 0 bridgehead atoms. The minimum Gasteiger partial charge on any atom is -0.382 e. The fourth-order valence-corrected chi connectivity index (χ4v) is 9.57. The lowest BCUT2D eigenvalue weighted by Crippen LogP contribution is -2.54. The van der Waals surface area contributed by atoms with E-state index in [4.69, 9.17) is 9.47 Å². The third-order valence-corrected chi connectivity index (χ3v) is 13.1. The van der Waals surface area contributed by atoms with Gasteiger partial charge in [-0.15, -0.1) is 0 Å². The first-order chi connectivity index (χ1) is 31.7. The first-order valence-electron chi connectivity index (χ1n) is 21.9. The van der Waals surface area contributed by atoms with Crippen molar-refractivity contribution in [3.8, 4) is 11.1 Å². The van der Waals surface area contributed by atoms with Crippen LogP contribution in [0.5, 0.6) is 0 Å². The van der Waals surface area contributed by atoms with E-state index in [1.165, 1.54) is 11.8 Å². The van der Waals surface area contributed by atoms with Crippen LogP contribution in [0.3, 0.4) is 0 Å². The lowest BCUT2D eigenvalue weighted by Gasteiger charge is -2.36. The Hall–Kier alpha value is -6.53. The number of hydrogen-bond acceptors (Lipinski definition) is 13. The van der Waals surface area contributed by atoms with Gasteiger partial charge in [0, 0.05) is 75.4 Å². The topological polar surface area (TPSA) is 182 Å². The quantitative estimate of drug-likeness (QED) is 0.0886. The predicted octanol–water partition coefficient (Wildman–Crippen LogP) is 3.93. The molecule has 2 saturated heterocycles. The van der Waals surface area contributed by atoms with Crippen molar-refractivity contribution in [2.75, 3.05) is 75.9 Å². The molecule has 3 unspecified atom stereocenters. The molecule has 0 saturated carbocycles. The summed E-state index contributed by atoms with van der Waals surface area (Å²) in [6.07, 6.45) is 1.96. The summed E-state index contributed by atoms with van der Waals surface area (Å²) in [5.41, 5.74) is 6.04. The lowest BCUT2D eigenvalue weighted by molar-refractivity contribution is -0.136. The van der Waals surface area contributed by atoms with Crippen molar-refractivity contribution >= 4 is 58.6 Å². The van der Waals surface area contributed by atoms with Crippen LogP contribution in [0, 0.1) is 0 Å². The summed E-state index contributed by atoms with van der Waals surface area (Å²) in [6, 6.07) is 27.1. The fourth-order valence-electron chi connectivity index (χ4n) is 8.92. The maximum absolute atomic E-state index is 14.0. The largest absolute Gasteiger partial charge is 0.382 e. The van der Waals surface area contributed by atoms with Crippen molar-refractivity contribution in [2.45, 2.75) is 37.0 Å². The van der Waals surface area contributed by atoms with Crippen LogP contribution in [0.25, 0.3) is 11.1 Å². The van der Waals surface area contributed by atoms with E-state index in [1.54, 1.807) is 29.3 Å². The zero-order chi connectivity index (χ0) is 44.9. The van der Waals surface area contributed by atoms with Gasteiger partial charge in [-0.1, -0.05) is 72.4 Å². The third kappa shape index (κ3) is 9.49. The van der Waals surface area contributed by atoms with Crippen LogP contribution in [0.2, 0.25) is 0 Å². The fraction of sp³-hybridized carbons (Fsp3) is 0.333. The molecule has 4 aromatic carbocycles. The number of anilines is 2. The van der Waals surface area contributed by atoms with E-state index in [1.807, 2.05) is 53.9 Å². The number of carbonyl (C=O) groups excluding carboxylic acids is 6. The number of hydrogen-bond donors (Lipinski definition) is 4. The monoisotopic (exact) mass is 898 g/mol. The van der Waals surface area contributed by atoms with E-state index >= 15 is 0 Å². The van der Waals surface area contributed by atoms with Gasteiger partial charge in [-0.25, -0.2) is 0 Å². The normalized spacial score (nSPS) is 19.9. The Morgan fingerprint density at radius 3 is 2.31 bits per heavy atom. The minimum absolute atomic E-state index is 0.0647. The SMILES string of the molecule is O=C1CCC(N2C(=O)c3cccc(NCCOCCOCCN4CCN(c5ccc(-c6ccc7c(c6)C(=O)N(C(C(=O)NC6NC=CS6)c6ccccc6)C7)cc5)CC4)c3C2=O)C(=O)N1. The molecule has 5 aliphatic heterocycles. The predicted molar refractivity (Wildman–Crippen MR) is 245 cm³/mol. The number of carbonyl (C=O) groups is 6. The molecule has 9 rings (SSSR count). The molecule has 0 aliphatic carbocycles. The Morgan fingerprint density at radius 2 is 1.55 bits per heavy atom. The summed E-state index contributed by atoms with van der Waals surface area (Å²) in [7, 11) is 0. The summed E-state index contributed by atoms with van der Waals surface area (Å²) in [5.74, 6) is -2.55. The maximum atomic E-state index is 14.0. The molecular formula is C48H50N8O8S. The van der Waals surface area contributed by atoms with Crippen molar-refractivity contribution in [3.63, 3.8) is 0 Å². The van der Waals surface area contributed by atoms with Crippen LogP contribution >= 0.6 is 11.8 Å². The first kappa shape index (κ1) is 43.7. The summed E-state index contributed by atoms with van der Waals surface area (Å²) < 4.78 is 11.6. The Bertz CT molecular complexity index is 2490. The number of thioether (sulfide) groups is 1. The lowest BCUT2D eigenvalue weighted by atomic mass is 10.00. The number of nitrogens with zero attached hydrogens (tertiary/aromatic N) is 4. The van der Waals surface area contributed by atoms with Gasteiger partial charge >= 0.3 is 0 Å². The number of rotatable bonds is 17. The van der Waals surface area contributed by atoms with Gasteiger partial charge in [0.2, 0.25) is 17.7 Å². The molecule has 5 heterocycles. The summed E-state index contributed by atoms with van der Waals surface area (Å²) in [6.45, 7) is 6.95. The molecule has 0 radical (unpaired) electrons. The van der Waals surface area contributed by atoms with Crippen LogP contribution in [0.1, 0.15) is 61.1 Å². The summed E-state index contributed by atoms with van der Waals surface area (Å²) in [4.78, 5) is 85.4. The number of piperidine rings is 1. The molecule has 2 fully saturated rings. The minimum atomic E-state index is -1.01. The maximum Gasteiger partial charge on any atom is 0.264 e. The van der Waals surface area contributed by atoms with Crippen LogP contribution in [0.4, 0.5) is 11.4 Å². The van der Waals surface area contributed by atoms with E-state index in [9.17, 15) is 28.8 Å². The number of piperazine rings is 1. The van der Waals surface area contributed by atoms with Crippen LogP contribution in [-0.4, -0.2) is 127 Å². The average Bonchev–Trinajstić information content (AvgIpc) is 4.02. The van der Waals surface area contributed by atoms with E-state index in [2.05, 4.69) is 55.3 Å². The number of fused-ring (bicyclic) bond motifs is 2. The van der Waals surface area contributed by atoms with Gasteiger partial charge in [-0.05, 0) is 64.4 Å². The van der Waals surface area contributed by atoms with E-state index in [-0.39, 0.29) is 41.3 Å². The van der Waals surface area contributed by atoms with Gasteiger partial charge in [0.15, 0.2) is 5.50 Å². The molecule has 4 aromatic rings. The highest BCUT2D eigenvalue weighted by Gasteiger charge is 2.45. The summed E-state index contributed by atoms with van der Waals surface area (Å²) >= 11 is 1.47. The highest BCUT2D eigenvalue weighted by Crippen LogP contribution is 2.36. The second-order valence-corrected chi connectivity index (χ2v) is 17.3. The van der Waals surface area contributed by atoms with E-state index in [0.717, 1.165) is 65.6 Å². The van der Waals surface area contributed by atoms with Gasteiger partial charge in [0.05, 0.1) is 37.6 Å². The second-order valence-electron chi connectivity index (χ2n) is 16.3. The van der Waals surface area contributed by atoms with Gasteiger partial charge < -0.3 is 35.2 Å². The third-order valence-electron chi connectivity index (χ3n) is 12.3. The molecular weight excluding hydrogens is 849 g/mol. The number of imide groups is 2. The molecule has 16 nitrogen and oxygen atoms in total. The molecule has 5 aliphatic rings. The Balaban J connectivity index is 0.683. The molecule has 65 heavy (non-hydrogen) atoms. The van der Waals surface area contributed by atoms with E-state index < -0.39 is 35.7 Å². The molecule has 6 amide bonds. The first-order valence-corrected chi connectivity index (χ1v) is 22.9. The Kier molecular flexibility index (Phi) is 13.2. The van der Waals surface area contributed by atoms with Crippen LogP contribution < -0.4 is 26.2 Å². The van der Waals surface area contributed by atoms with Crippen LogP contribution in [0.15, 0.2) is 103 Å². The van der Waals surface area contributed by atoms with Crippen molar-refractivity contribution in [3.05, 3.63) is 130 Å². The standard InChI is InChI=1S/C48H50N8O8S/c57-40-16-15-39(43(58)51-40)56-46(61)36-7-4-8-38(41(36)47(56)62)49-17-24-63-26-27-64-25-23-53-19-21-54(22-20-53)35-13-11-31(12-14-35)33-9-10-34-30-55(45(60)37(34)29-33)42(32-5-2-1-3-6-32)44(59)52-48-50-18-28-65-48/h1-14,18,28-29,39,42,48-50H,15-17,19-27,30H2,(H,52,59)(H,51,57,58). The highest BCUT2D eigenvalue weighted by molar-refractivity contribution is 8.02.